The molecule has 1 aliphatic rings. The molecule has 1 heterocycles. The molecule has 0 atom stereocenters. The van der Waals surface area contributed by atoms with E-state index in [1.165, 1.54) is 11.1 Å². The van der Waals surface area contributed by atoms with Crippen LogP contribution in [0.4, 0.5) is 0 Å². The van der Waals surface area contributed by atoms with Gasteiger partial charge in [0.15, 0.2) is 0 Å². The molecule has 0 aliphatic carbocycles. The molecule has 1 rings (SSSR count). The minimum atomic E-state index is 0.990. The SMILES string of the molecule is C=C(C)C.CCC1=CCCN=C1. The summed E-state index contributed by atoms with van der Waals surface area (Å²) in [4.78, 5) is 4.14. The van der Waals surface area contributed by atoms with E-state index in [9.17, 15) is 0 Å². The Balaban J connectivity index is 0.000000261. The van der Waals surface area contributed by atoms with E-state index in [1.54, 1.807) is 0 Å². The molecule has 0 radical (unpaired) electrons. The molecule has 0 amide bonds. The molecular weight excluding hydrogens is 146 g/mol. The fourth-order valence-corrected chi connectivity index (χ4v) is 0.795. The quantitative estimate of drug-likeness (QED) is 0.528. The summed E-state index contributed by atoms with van der Waals surface area (Å²) in [5.74, 6) is 0. The van der Waals surface area contributed by atoms with Crippen LogP contribution in [0.15, 0.2) is 28.8 Å². The molecule has 0 spiro atoms. The number of rotatable bonds is 1. The number of hydrogen-bond donors (Lipinski definition) is 0. The summed E-state index contributed by atoms with van der Waals surface area (Å²) in [6.07, 6.45) is 6.50. The third kappa shape index (κ3) is 7.26. The topological polar surface area (TPSA) is 12.4 Å². The van der Waals surface area contributed by atoms with Gasteiger partial charge in [0.05, 0.1) is 0 Å². The van der Waals surface area contributed by atoms with Crippen molar-refractivity contribution in [1.82, 2.24) is 0 Å². The van der Waals surface area contributed by atoms with Gasteiger partial charge in [-0.2, -0.15) is 0 Å². The van der Waals surface area contributed by atoms with Crippen LogP contribution in [0, 0.1) is 0 Å². The van der Waals surface area contributed by atoms with E-state index >= 15 is 0 Å². The Bertz CT molecular complexity index is 183. The maximum atomic E-state index is 4.14. The fourth-order valence-electron chi connectivity index (χ4n) is 0.795. The summed E-state index contributed by atoms with van der Waals surface area (Å²) in [6, 6.07) is 0. The highest BCUT2D eigenvalue weighted by Crippen LogP contribution is 2.03. The molecule has 68 valence electrons. The summed E-state index contributed by atoms with van der Waals surface area (Å²) >= 11 is 0. The van der Waals surface area contributed by atoms with Crippen LogP contribution >= 0.6 is 0 Å². The summed E-state index contributed by atoms with van der Waals surface area (Å²) in [6.45, 7) is 10.6. The first-order chi connectivity index (χ1) is 5.66. The Kier molecular flexibility index (Phi) is 6.35. The molecule has 0 fully saturated rings. The standard InChI is InChI=1S/C7H11N.C4H8/c1-2-7-4-3-5-8-6-7;1-4(2)3/h4,6H,2-3,5H2,1H3;1H2,2-3H3. The van der Waals surface area contributed by atoms with E-state index in [0.29, 0.717) is 0 Å². The van der Waals surface area contributed by atoms with Crippen LogP contribution in [0.3, 0.4) is 0 Å². The van der Waals surface area contributed by atoms with Gasteiger partial charge in [-0.1, -0.05) is 18.6 Å². The van der Waals surface area contributed by atoms with Crippen molar-refractivity contribution in [1.29, 1.82) is 0 Å². The van der Waals surface area contributed by atoms with Crippen LogP contribution in [0.1, 0.15) is 33.6 Å². The largest absolute Gasteiger partial charge is 0.293 e. The van der Waals surface area contributed by atoms with E-state index in [1.807, 2.05) is 20.1 Å². The molecule has 1 heteroatoms. The van der Waals surface area contributed by atoms with Gasteiger partial charge in [0.25, 0.3) is 0 Å². The Morgan fingerprint density at radius 2 is 2.17 bits per heavy atom. The number of aliphatic imine (C=N–C) groups is 1. The molecule has 1 nitrogen and oxygen atoms in total. The van der Waals surface area contributed by atoms with Crippen molar-refractivity contribution in [3.63, 3.8) is 0 Å². The van der Waals surface area contributed by atoms with E-state index in [4.69, 9.17) is 0 Å². The zero-order valence-electron chi connectivity index (χ0n) is 8.43. The average Bonchev–Trinajstić information content (AvgIpc) is 2.05. The van der Waals surface area contributed by atoms with Crippen LogP contribution in [-0.4, -0.2) is 12.8 Å². The lowest BCUT2D eigenvalue weighted by Gasteiger charge is -2.00. The smallest absolute Gasteiger partial charge is 0.0424 e. The van der Waals surface area contributed by atoms with Gasteiger partial charge in [-0.25, -0.2) is 0 Å². The predicted molar refractivity (Wildman–Crippen MR) is 56.8 cm³/mol. The third-order valence-electron chi connectivity index (χ3n) is 1.33. The third-order valence-corrected chi connectivity index (χ3v) is 1.33. The van der Waals surface area contributed by atoms with Gasteiger partial charge in [-0.3, -0.25) is 4.99 Å². The second-order valence-electron chi connectivity index (χ2n) is 3.16. The van der Waals surface area contributed by atoms with E-state index in [-0.39, 0.29) is 0 Å². The minimum Gasteiger partial charge on any atom is -0.293 e. The van der Waals surface area contributed by atoms with Crippen molar-refractivity contribution in [2.24, 2.45) is 4.99 Å². The first kappa shape index (κ1) is 11.2. The van der Waals surface area contributed by atoms with Gasteiger partial charge in [0.2, 0.25) is 0 Å². The summed E-state index contributed by atoms with van der Waals surface area (Å²) in [7, 11) is 0. The Morgan fingerprint density at radius 1 is 1.58 bits per heavy atom. The van der Waals surface area contributed by atoms with E-state index < -0.39 is 0 Å². The molecule has 12 heavy (non-hydrogen) atoms. The van der Waals surface area contributed by atoms with Gasteiger partial charge < -0.3 is 0 Å². The number of allylic oxidation sites excluding steroid dienone is 2. The molecule has 0 N–H and O–H groups in total. The number of hydrogen-bond acceptors (Lipinski definition) is 1. The maximum Gasteiger partial charge on any atom is 0.0424 e. The van der Waals surface area contributed by atoms with Crippen molar-refractivity contribution in [3.05, 3.63) is 23.8 Å². The van der Waals surface area contributed by atoms with E-state index in [0.717, 1.165) is 19.4 Å². The van der Waals surface area contributed by atoms with Crippen molar-refractivity contribution < 1.29 is 0 Å². The first-order valence-corrected chi connectivity index (χ1v) is 4.47. The number of dihydropyridines is 1. The highest BCUT2D eigenvalue weighted by Gasteiger charge is 1.91. The Hall–Kier alpha value is -0.850. The highest BCUT2D eigenvalue weighted by atomic mass is 14.7. The van der Waals surface area contributed by atoms with Crippen LogP contribution in [-0.2, 0) is 0 Å². The second-order valence-corrected chi connectivity index (χ2v) is 3.16. The summed E-state index contributed by atoms with van der Waals surface area (Å²) < 4.78 is 0. The van der Waals surface area contributed by atoms with Crippen molar-refractivity contribution >= 4 is 6.21 Å². The highest BCUT2D eigenvalue weighted by molar-refractivity contribution is 5.79. The molecule has 0 bridgehead atoms. The van der Waals surface area contributed by atoms with Gasteiger partial charge >= 0.3 is 0 Å². The zero-order valence-corrected chi connectivity index (χ0v) is 8.43. The summed E-state index contributed by atoms with van der Waals surface area (Å²) in [5, 5.41) is 0. The maximum absolute atomic E-state index is 4.14. The van der Waals surface area contributed by atoms with Crippen molar-refractivity contribution in [2.75, 3.05) is 6.54 Å². The van der Waals surface area contributed by atoms with Crippen LogP contribution < -0.4 is 0 Å². The molecule has 1 aliphatic heterocycles. The Morgan fingerprint density at radius 3 is 2.42 bits per heavy atom. The van der Waals surface area contributed by atoms with Crippen molar-refractivity contribution in [3.8, 4) is 0 Å². The predicted octanol–water partition coefficient (Wildman–Crippen LogP) is 3.38. The van der Waals surface area contributed by atoms with Gasteiger partial charge in [-0.05, 0) is 32.3 Å². The lowest BCUT2D eigenvalue weighted by molar-refractivity contribution is 0.969. The molecule has 0 saturated carbocycles. The monoisotopic (exact) mass is 165 g/mol. The van der Waals surface area contributed by atoms with Crippen LogP contribution in [0.25, 0.3) is 0 Å². The van der Waals surface area contributed by atoms with Gasteiger partial charge in [-0.15, -0.1) is 6.58 Å². The normalized spacial score (nSPS) is 14.4. The Labute approximate surface area is 75.9 Å². The molecule has 0 aromatic carbocycles. The number of nitrogens with zero attached hydrogens (tertiary/aromatic N) is 1. The molecule has 0 aromatic heterocycles. The molecule has 0 aromatic rings. The summed E-state index contributed by atoms with van der Waals surface area (Å²) in [5.41, 5.74) is 2.55. The lowest BCUT2D eigenvalue weighted by Crippen LogP contribution is -1.91. The first-order valence-electron chi connectivity index (χ1n) is 4.47. The van der Waals surface area contributed by atoms with E-state index in [2.05, 4.69) is 24.6 Å². The minimum absolute atomic E-state index is 0.990. The van der Waals surface area contributed by atoms with Gasteiger partial charge in [0, 0.05) is 12.8 Å². The molecule has 0 unspecified atom stereocenters. The lowest BCUT2D eigenvalue weighted by atomic mass is 10.1. The van der Waals surface area contributed by atoms with Crippen LogP contribution in [0.2, 0.25) is 0 Å². The second kappa shape index (κ2) is 6.84. The van der Waals surface area contributed by atoms with Gasteiger partial charge in [0.1, 0.15) is 0 Å². The van der Waals surface area contributed by atoms with Crippen LogP contribution in [0.5, 0.6) is 0 Å². The fraction of sp³-hybridized carbons (Fsp3) is 0.545. The average molecular weight is 165 g/mol. The zero-order chi connectivity index (χ0) is 9.40. The van der Waals surface area contributed by atoms with Crippen molar-refractivity contribution in [2.45, 2.75) is 33.6 Å². The molecular formula is C11H19N. The molecule has 0 saturated heterocycles.